The highest BCUT2D eigenvalue weighted by atomic mass is 16.1. The zero-order valence-corrected chi connectivity index (χ0v) is 15.9. The summed E-state index contributed by atoms with van der Waals surface area (Å²) >= 11 is 0. The quantitative estimate of drug-likeness (QED) is 0.778. The fourth-order valence-electron chi connectivity index (χ4n) is 3.93. The van der Waals surface area contributed by atoms with Crippen LogP contribution in [0.25, 0.3) is 5.69 Å². The molecule has 0 saturated carbocycles. The van der Waals surface area contributed by atoms with E-state index in [1.165, 1.54) is 19.5 Å². The predicted octanol–water partition coefficient (Wildman–Crippen LogP) is 2.90. The Morgan fingerprint density at radius 1 is 1.19 bits per heavy atom. The van der Waals surface area contributed by atoms with E-state index < -0.39 is 0 Å². The van der Waals surface area contributed by atoms with Crippen LogP contribution in [-0.2, 0) is 11.2 Å². The van der Waals surface area contributed by atoms with E-state index in [4.69, 9.17) is 0 Å². The minimum atomic E-state index is 0.0676. The van der Waals surface area contributed by atoms with Crippen LogP contribution < -0.4 is 5.32 Å². The molecule has 0 radical (unpaired) electrons. The monoisotopic (exact) mass is 354 g/mol. The molecule has 1 aromatic heterocycles. The maximum atomic E-state index is 12.2. The van der Waals surface area contributed by atoms with Gasteiger partial charge in [-0.2, -0.15) is 5.10 Å². The summed E-state index contributed by atoms with van der Waals surface area (Å²) in [5.74, 6) is 1.64. The van der Waals surface area contributed by atoms with E-state index in [0.717, 1.165) is 42.6 Å². The molecule has 1 fully saturated rings. The molecule has 1 aliphatic rings. The Balaban J connectivity index is 1.37. The Labute approximate surface area is 156 Å². The second kappa shape index (κ2) is 8.99. The van der Waals surface area contributed by atoms with E-state index in [1.54, 1.807) is 10.9 Å². The number of carbonyl (C=O) groups is 1. The lowest BCUT2D eigenvalue weighted by Gasteiger charge is -2.34. The number of aromatic nitrogens is 2. The number of likely N-dealkylation sites (tertiary alicyclic amines) is 1. The Kier molecular flexibility index (Phi) is 6.45. The first-order chi connectivity index (χ1) is 12.6. The highest BCUT2D eigenvalue weighted by Gasteiger charge is 2.21. The number of hydrogen-bond donors (Lipinski definition) is 1. The van der Waals surface area contributed by atoms with Gasteiger partial charge in [-0.1, -0.05) is 32.0 Å². The van der Waals surface area contributed by atoms with Gasteiger partial charge < -0.3 is 10.2 Å². The highest BCUT2D eigenvalue weighted by Crippen LogP contribution is 2.20. The molecule has 1 amide bonds. The molecule has 2 atom stereocenters. The van der Waals surface area contributed by atoms with Crippen molar-refractivity contribution in [1.29, 1.82) is 0 Å². The van der Waals surface area contributed by atoms with Crippen molar-refractivity contribution in [3.63, 3.8) is 0 Å². The third kappa shape index (κ3) is 5.43. The molecule has 3 rings (SSSR count). The van der Waals surface area contributed by atoms with Crippen LogP contribution in [0.15, 0.2) is 42.7 Å². The largest absolute Gasteiger partial charge is 0.356 e. The molecule has 0 spiro atoms. The number of carbonyl (C=O) groups excluding carboxylic acids is 1. The molecular formula is C21H30N4O. The normalized spacial score (nSPS) is 20.8. The van der Waals surface area contributed by atoms with Gasteiger partial charge >= 0.3 is 0 Å². The lowest BCUT2D eigenvalue weighted by atomic mass is 9.92. The van der Waals surface area contributed by atoms with E-state index in [0.29, 0.717) is 6.42 Å². The van der Waals surface area contributed by atoms with Crippen LogP contribution >= 0.6 is 0 Å². The van der Waals surface area contributed by atoms with E-state index in [1.807, 2.05) is 36.5 Å². The molecule has 1 N–H and O–H groups in total. The Morgan fingerprint density at radius 3 is 2.65 bits per heavy atom. The molecule has 26 heavy (non-hydrogen) atoms. The first-order valence-corrected chi connectivity index (χ1v) is 9.68. The van der Waals surface area contributed by atoms with Crippen molar-refractivity contribution in [1.82, 2.24) is 20.0 Å². The average molecular weight is 354 g/mol. The lowest BCUT2D eigenvalue weighted by Crippen LogP contribution is -2.40. The maximum Gasteiger partial charge on any atom is 0.224 e. The molecule has 0 unspecified atom stereocenters. The molecule has 140 valence electrons. The molecule has 1 saturated heterocycles. The molecular weight excluding hydrogens is 324 g/mol. The van der Waals surface area contributed by atoms with Crippen LogP contribution in [-0.4, -0.2) is 46.8 Å². The van der Waals surface area contributed by atoms with Crippen molar-refractivity contribution in [3.8, 4) is 5.69 Å². The second-order valence-electron chi connectivity index (χ2n) is 7.71. The SMILES string of the molecule is C[C@@H]1C[C@H](C)CN(CCCNC(=O)Cc2cnn(-c3ccccc3)c2)C1. The van der Waals surface area contributed by atoms with Gasteiger partial charge in [0.2, 0.25) is 5.91 Å². The van der Waals surface area contributed by atoms with Crippen molar-refractivity contribution in [2.45, 2.75) is 33.1 Å². The van der Waals surface area contributed by atoms with Gasteiger partial charge in [-0.25, -0.2) is 4.68 Å². The van der Waals surface area contributed by atoms with Crippen LogP contribution in [0.2, 0.25) is 0 Å². The standard InChI is InChI=1S/C21H30N4O/c1-17-11-18(2)15-24(14-17)10-6-9-22-21(26)12-19-13-23-25(16-19)20-7-4-3-5-8-20/h3-5,7-8,13,16-18H,6,9-12,14-15H2,1-2H3,(H,22,26)/t17-,18+. The van der Waals surface area contributed by atoms with Gasteiger partial charge in [0.25, 0.3) is 0 Å². The van der Waals surface area contributed by atoms with Crippen LogP contribution in [0.4, 0.5) is 0 Å². The third-order valence-corrected chi connectivity index (χ3v) is 4.94. The maximum absolute atomic E-state index is 12.2. The molecule has 1 aromatic carbocycles. The van der Waals surface area contributed by atoms with E-state index in [9.17, 15) is 4.79 Å². The Hall–Kier alpha value is -2.14. The topological polar surface area (TPSA) is 50.2 Å². The van der Waals surface area contributed by atoms with Crippen molar-refractivity contribution in [2.24, 2.45) is 11.8 Å². The first kappa shape index (κ1) is 18.6. The lowest BCUT2D eigenvalue weighted by molar-refractivity contribution is -0.120. The van der Waals surface area contributed by atoms with Gasteiger partial charge in [0, 0.05) is 25.8 Å². The molecule has 0 aliphatic carbocycles. The van der Waals surface area contributed by atoms with Crippen molar-refractivity contribution < 1.29 is 4.79 Å². The Bertz CT molecular complexity index is 687. The summed E-state index contributed by atoms with van der Waals surface area (Å²) in [6.45, 7) is 8.86. The Morgan fingerprint density at radius 2 is 1.92 bits per heavy atom. The second-order valence-corrected chi connectivity index (χ2v) is 7.71. The van der Waals surface area contributed by atoms with Gasteiger partial charge in [0.15, 0.2) is 0 Å². The molecule has 5 nitrogen and oxygen atoms in total. The summed E-state index contributed by atoms with van der Waals surface area (Å²) in [4.78, 5) is 14.7. The summed E-state index contributed by atoms with van der Waals surface area (Å²) in [5.41, 5.74) is 1.94. The molecule has 2 aromatic rings. The third-order valence-electron chi connectivity index (χ3n) is 4.94. The van der Waals surface area contributed by atoms with E-state index >= 15 is 0 Å². The summed E-state index contributed by atoms with van der Waals surface area (Å²) in [6, 6.07) is 9.94. The number of hydrogen-bond acceptors (Lipinski definition) is 3. The van der Waals surface area contributed by atoms with Crippen molar-refractivity contribution >= 4 is 5.91 Å². The van der Waals surface area contributed by atoms with Crippen molar-refractivity contribution in [3.05, 3.63) is 48.3 Å². The number of nitrogens with zero attached hydrogens (tertiary/aromatic N) is 3. The number of piperidine rings is 1. The highest BCUT2D eigenvalue weighted by molar-refractivity contribution is 5.78. The summed E-state index contributed by atoms with van der Waals surface area (Å²) < 4.78 is 1.81. The fraction of sp³-hybridized carbons (Fsp3) is 0.524. The van der Waals surface area contributed by atoms with Gasteiger partial charge in [0.05, 0.1) is 18.3 Å². The summed E-state index contributed by atoms with van der Waals surface area (Å²) in [7, 11) is 0. The minimum Gasteiger partial charge on any atom is -0.356 e. The van der Waals surface area contributed by atoms with Crippen LogP contribution in [0.5, 0.6) is 0 Å². The van der Waals surface area contributed by atoms with Gasteiger partial charge in [-0.3, -0.25) is 4.79 Å². The number of para-hydroxylation sites is 1. The number of nitrogens with one attached hydrogen (secondary N) is 1. The molecule has 5 heteroatoms. The first-order valence-electron chi connectivity index (χ1n) is 9.68. The van der Waals surface area contributed by atoms with Crippen LogP contribution in [0, 0.1) is 11.8 Å². The number of amides is 1. The molecule has 2 heterocycles. The fourth-order valence-corrected chi connectivity index (χ4v) is 3.93. The summed E-state index contributed by atoms with van der Waals surface area (Å²) in [6.07, 6.45) is 6.41. The smallest absolute Gasteiger partial charge is 0.224 e. The van der Waals surface area contributed by atoms with Gasteiger partial charge in [0.1, 0.15) is 0 Å². The molecule has 1 aliphatic heterocycles. The number of rotatable bonds is 7. The van der Waals surface area contributed by atoms with E-state index in [2.05, 4.69) is 29.2 Å². The van der Waals surface area contributed by atoms with E-state index in [-0.39, 0.29) is 5.91 Å². The van der Waals surface area contributed by atoms with Crippen LogP contribution in [0.3, 0.4) is 0 Å². The minimum absolute atomic E-state index is 0.0676. The molecule has 0 bridgehead atoms. The van der Waals surface area contributed by atoms with Crippen molar-refractivity contribution in [2.75, 3.05) is 26.2 Å². The summed E-state index contributed by atoms with van der Waals surface area (Å²) in [5, 5.41) is 7.38. The predicted molar refractivity (Wildman–Crippen MR) is 104 cm³/mol. The zero-order chi connectivity index (χ0) is 18.4. The number of benzene rings is 1. The average Bonchev–Trinajstić information content (AvgIpc) is 3.07. The van der Waals surface area contributed by atoms with Crippen LogP contribution in [0.1, 0.15) is 32.3 Å². The zero-order valence-electron chi connectivity index (χ0n) is 15.9. The van der Waals surface area contributed by atoms with Gasteiger partial charge in [-0.15, -0.1) is 0 Å². The van der Waals surface area contributed by atoms with Gasteiger partial charge in [-0.05, 0) is 48.9 Å².